The van der Waals surface area contributed by atoms with Gasteiger partial charge in [0.05, 0.1) is 31.3 Å². The van der Waals surface area contributed by atoms with E-state index in [0.717, 1.165) is 5.56 Å². The van der Waals surface area contributed by atoms with Crippen LogP contribution in [0.5, 0.6) is 0 Å². The first kappa shape index (κ1) is 17.6. The third kappa shape index (κ3) is 6.71. The lowest BCUT2D eigenvalue weighted by Crippen LogP contribution is -2.27. The lowest BCUT2D eigenvalue weighted by Gasteiger charge is -2.07. The van der Waals surface area contributed by atoms with Crippen LogP contribution in [0.15, 0.2) is 29.2 Å². The van der Waals surface area contributed by atoms with Crippen molar-refractivity contribution >= 4 is 10.0 Å². The molecule has 0 saturated heterocycles. The van der Waals surface area contributed by atoms with Crippen LogP contribution in [-0.2, 0) is 19.5 Å². The minimum atomic E-state index is -3.52. The number of methoxy groups -OCH3 is 1. The van der Waals surface area contributed by atoms with Gasteiger partial charge < -0.3 is 15.2 Å². The Morgan fingerprint density at radius 1 is 1.19 bits per heavy atom. The average molecular weight is 312 g/mol. The quantitative estimate of drug-likeness (QED) is 0.518. The minimum absolute atomic E-state index is 0.192. The van der Waals surface area contributed by atoms with Gasteiger partial charge in [-0.05, 0) is 24.3 Å². The average Bonchev–Trinajstić information content (AvgIpc) is 2.49. The fraction of sp³-hybridized carbons (Fsp3) is 0.429. The molecule has 1 aromatic rings. The first-order valence-electron chi connectivity index (χ1n) is 6.45. The zero-order chi connectivity index (χ0) is 15.6. The monoisotopic (exact) mass is 312 g/mol. The van der Waals surface area contributed by atoms with E-state index in [0.29, 0.717) is 19.8 Å². The van der Waals surface area contributed by atoms with E-state index in [1.165, 1.54) is 12.1 Å². The molecular formula is C14H20N2O4S. The highest BCUT2D eigenvalue weighted by atomic mass is 32.2. The van der Waals surface area contributed by atoms with E-state index in [1.807, 2.05) is 0 Å². The second kappa shape index (κ2) is 9.50. The number of ether oxygens (including phenoxy) is 2. The Morgan fingerprint density at radius 3 is 2.52 bits per heavy atom. The Balaban J connectivity index is 2.50. The number of hydrogen-bond donors (Lipinski definition) is 2. The van der Waals surface area contributed by atoms with Crippen molar-refractivity contribution in [3.8, 4) is 11.8 Å². The number of nitrogens with one attached hydrogen (secondary N) is 1. The summed E-state index contributed by atoms with van der Waals surface area (Å²) in [5.41, 5.74) is 6.00. The first-order chi connectivity index (χ1) is 10.1. The topological polar surface area (TPSA) is 90.6 Å². The van der Waals surface area contributed by atoms with Gasteiger partial charge in [0.15, 0.2) is 0 Å². The molecule has 0 spiro atoms. The number of sulfonamides is 1. The third-order valence-corrected chi connectivity index (χ3v) is 3.95. The van der Waals surface area contributed by atoms with E-state index < -0.39 is 10.0 Å². The molecule has 21 heavy (non-hydrogen) atoms. The number of rotatable bonds is 8. The van der Waals surface area contributed by atoms with Crippen LogP contribution in [0.3, 0.4) is 0 Å². The maximum absolute atomic E-state index is 12.0. The van der Waals surface area contributed by atoms with Gasteiger partial charge in [-0.2, -0.15) is 0 Å². The van der Waals surface area contributed by atoms with Crippen LogP contribution in [0.1, 0.15) is 5.56 Å². The highest BCUT2D eigenvalue weighted by molar-refractivity contribution is 7.89. The second-order valence-electron chi connectivity index (χ2n) is 4.03. The minimum Gasteiger partial charge on any atom is -0.382 e. The van der Waals surface area contributed by atoms with E-state index in [2.05, 4.69) is 16.6 Å². The van der Waals surface area contributed by atoms with Crippen LogP contribution in [0.4, 0.5) is 0 Å². The molecule has 6 nitrogen and oxygen atoms in total. The summed E-state index contributed by atoms with van der Waals surface area (Å²) in [6, 6.07) is 6.31. The second-order valence-corrected chi connectivity index (χ2v) is 5.80. The molecule has 1 aromatic carbocycles. The summed E-state index contributed by atoms with van der Waals surface area (Å²) >= 11 is 0. The lowest BCUT2D eigenvalue weighted by molar-refractivity contribution is 0.0736. The molecule has 0 saturated carbocycles. The third-order valence-electron chi connectivity index (χ3n) is 2.47. The van der Waals surface area contributed by atoms with Crippen molar-refractivity contribution in [2.45, 2.75) is 4.90 Å². The SMILES string of the molecule is COCCOCCNS(=O)(=O)c1ccc(C#CCN)cc1. The van der Waals surface area contributed by atoms with Gasteiger partial charge in [-0.25, -0.2) is 13.1 Å². The van der Waals surface area contributed by atoms with Gasteiger partial charge in [0, 0.05) is 19.2 Å². The molecule has 0 bridgehead atoms. The van der Waals surface area contributed by atoms with Crippen LogP contribution < -0.4 is 10.5 Å². The van der Waals surface area contributed by atoms with E-state index in [9.17, 15) is 8.42 Å². The van der Waals surface area contributed by atoms with E-state index >= 15 is 0 Å². The number of nitrogens with two attached hydrogens (primary N) is 1. The maximum Gasteiger partial charge on any atom is 0.240 e. The molecule has 0 fully saturated rings. The molecule has 0 atom stereocenters. The van der Waals surface area contributed by atoms with Gasteiger partial charge in [0.25, 0.3) is 0 Å². The van der Waals surface area contributed by atoms with E-state index in [1.54, 1.807) is 19.2 Å². The molecular weight excluding hydrogens is 292 g/mol. The van der Waals surface area contributed by atoms with Crippen molar-refractivity contribution in [3.05, 3.63) is 29.8 Å². The fourth-order valence-electron chi connectivity index (χ4n) is 1.45. The van der Waals surface area contributed by atoms with Crippen LogP contribution >= 0.6 is 0 Å². The molecule has 0 unspecified atom stereocenters. The van der Waals surface area contributed by atoms with Crippen molar-refractivity contribution in [2.24, 2.45) is 5.73 Å². The zero-order valence-electron chi connectivity index (χ0n) is 12.0. The first-order valence-corrected chi connectivity index (χ1v) is 7.94. The molecule has 0 aromatic heterocycles. The van der Waals surface area contributed by atoms with Crippen LogP contribution in [-0.4, -0.2) is 48.4 Å². The Hall–Kier alpha value is -1.43. The Morgan fingerprint density at radius 2 is 1.90 bits per heavy atom. The maximum atomic E-state index is 12.0. The smallest absolute Gasteiger partial charge is 0.240 e. The molecule has 3 N–H and O–H groups in total. The number of benzene rings is 1. The lowest BCUT2D eigenvalue weighted by atomic mass is 10.2. The molecule has 0 amide bonds. The van der Waals surface area contributed by atoms with Gasteiger partial charge in [-0.3, -0.25) is 0 Å². The Labute approximate surface area is 125 Å². The Bertz CT molecular complexity index is 573. The summed E-state index contributed by atoms with van der Waals surface area (Å²) in [7, 11) is -1.95. The van der Waals surface area contributed by atoms with Crippen molar-refractivity contribution in [1.82, 2.24) is 4.72 Å². The van der Waals surface area contributed by atoms with Gasteiger partial charge in [0.1, 0.15) is 0 Å². The molecule has 116 valence electrons. The van der Waals surface area contributed by atoms with Crippen molar-refractivity contribution in [1.29, 1.82) is 0 Å². The van der Waals surface area contributed by atoms with Crippen LogP contribution in [0.25, 0.3) is 0 Å². The van der Waals surface area contributed by atoms with Crippen molar-refractivity contribution < 1.29 is 17.9 Å². The normalized spacial score (nSPS) is 11.0. The summed E-state index contributed by atoms with van der Waals surface area (Å²) in [6.45, 7) is 1.69. The molecule has 0 aliphatic heterocycles. The standard InChI is InChI=1S/C14H20N2O4S/c1-19-11-12-20-10-9-16-21(17,18)14-6-4-13(5-7-14)3-2-8-15/h4-7,16H,8-12,15H2,1H3. The van der Waals surface area contributed by atoms with Gasteiger partial charge in [-0.15, -0.1) is 0 Å². The van der Waals surface area contributed by atoms with E-state index in [4.69, 9.17) is 15.2 Å². The van der Waals surface area contributed by atoms with Gasteiger partial charge in [-0.1, -0.05) is 11.8 Å². The summed E-state index contributed by atoms with van der Waals surface area (Å²) in [6.07, 6.45) is 0. The summed E-state index contributed by atoms with van der Waals surface area (Å²) < 4.78 is 36.5. The molecule has 1 rings (SSSR count). The zero-order valence-corrected chi connectivity index (χ0v) is 12.8. The largest absolute Gasteiger partial charge is 0.382 e. The molecule has 0 radical (unpaired) electrons. The summed E-state index contributed by atoms with van der Waals surface area (Å²) in [5, 5.41) is 0. The van der Waals surface area contributed by atoms with Gasteiger partial charge in [0.2, 0.25) is 10.0 Å². The van der Waals surface area contributed by atoms with Crippen molar-refractivity contribution in [3.63, 3.8) is 0 Å². The van der Waals surface area contributed by atoms with Crippen LogP contribution in [0.2, 0.25) is 0 Å². The predicted molar refractivity (Wildman–Crippen MR) is 80.3 cm³/mol. The van der Waals surface area contributed by atoms with Crippen LogP contribution in [0, 0.1) is 11.8 Å². The van der Waals surface area contributed by atoms with Gasteiger partial charge >= 0.3 is 0 Å². The highest BCUT2D eigenvalue weighted by Gasteiger charge is 2.12. The highest BCUT2D eigenvalue weighted by Crippen LogP contribution is 2.09. The predicted octanol–water partition coefficient (Wildman–Crippen LogP) is -0.0619. The molecule has 0 aliphatic carbocycles. The summed E-state index contributed by atoms with van der Waals surface area (Å²) in [4.78, 5) is 0.192. The molecule has 0 heterocycles. The molecule has 7 heteroatoms. The van der Waals surface area contributed by atoms with E-state index in [-0.39, 0.29) is 18.0 Å². The number of hydrogen-bond acceptors (Lipinski definition) is 5. The fourth-order valence-corrected chi connectivity index (χ4v) is 2.46. The Kier molecular flexibility index (Phi) is 7.97. The summed E-state index contributed by atoms with van der Waals surface area (Å²) in [5.74, 6) is 5.54. The molecule has 0 aliphatic rings. The van der Waals surface area contributed by atoms with Crippen molar-refractivity contribution in [2.75, 3.05) is 40.0 Å².